The van der Waals surface area contributed by atoms with Crippen LogP contribution >= 0.6 is 0 Å². The number of hydrogen-bond acceptors (Lipinski definition) is 4. The molecule has 0 fully saturated rings. The molecule has 0 bridgehead atoms. The fourth-order valence-corrected chi connectivity index (χ4v) is 1.24. The summed E-state index contributed by atoms with van der Waals surface area (Å²) in [5.74, 6) is -1.62. The first-order chi connectivity index (χ1) is 8.28. The van der Waals surface area contributed by atoms with Crippen LogP contribution in [0.25, 0.3) is 0 Å². The Labute approximate surface area is 98.0 Å². The third-order valence-electron chi connectivity index (χ3n) is 1.90. The number of rotatable bonds is 4. The fraction of sp³-hybridized carbons (Fsp3) is 0.444. The van der Waals surface area contributed by atoms with Gasteiger partial charge in [-0.25, -0.2) is 8.78 Å². The maximum atomic E-state index is 12.6. The van der Waals surface area contributed by atoms with Gasteiger partial charge in [0.1, 0.15) is 0 Å². The van der Waals surface area contributed by atoms with Gasteiger partial charge in [0.25, 0.3) is 6.43 Å². The van der Waals surface area contributed by atoms with Gasteiger partial charge in [0, 0.05) is 17.2 Å². The topological polar surface area (TPSA) is 51.6 Å². The van der Waals surface area contributed by atoms with Crippen molar-refractivity contribution in [2.45, 2.75) is 19.4 Å². The Bertz CT molecular complexity index is 421. The van der Waals surface area contributed by atoms with E-state index < -0.39 is 36.7 Å². The highest BCUT2D eigenvalue weighted by molar-refractivity contribution is 5.39. The summed E-state index contributed by atoms with van der Waals surface area (Å²) in [7, 11) is 1.02. The Kier molecular flexibility index (Phi) is 4.28. The summed E-state index contributed by atoms with van der Waals surface area (Å²) >= 11 is 0. The van der Waals surface area contributed by atoms with E-state index in [1.807, 2.05) is 0 Å². The molecule has 1 aromatic rings. The van der Waals surface area contributed by atoms with Gasteiger partial charge >= 0.3 is 6.36 Å². The van der Waals surface area contributed by atoms with Crippen molar-refractivity contribution in [1.29, 1.82) is 0 Å². The molecule has 1 aromatic heterocycles. The third kappa shape index (κ3) is 3.42. The Morgan fingerprint density at radius 1 is 1.39 bits per heavy atom. The minimum atomic E-state index is -5.06. The fourth-order valence-electron chi connectivity index (χ4n) is 1.24. The largest absolute Gasteiger partial charge is 0.574 e. The maximum absolute atomic E-state index is 12.6. The molecule has 0 aliphatic carbocycles. The van der Waals surface area contributed by atoms with Crippen LogP contribution in [0, 0.1) is 0 Å². The van der Waals surface area contributed by atoms with Crippen LogP contribution in [0.2, 0.25) is 0 Å². The lowest BCUT2D eigenvalue weighted by Gasteiger charge is -2.14. The van der Waals surface area contributed by atoms with Crippen molar-refractivity contribution in [2.24, 2.45) is 0 Å². The Morgan fingerprint density at radius 2 is 2.00 bits per heavy atom. The summed E-state index contributed by atoms with van der Waals surface area (Å²) in [5.41, 5.74) is -1.22. The molecule has 18 heavy (non-hydrogen) atoms. The van der Waals surface area contributed by atoms with Gasteiger partial charge in [-0.2, -0.15) is 4.98 Å². The molecule has 0 atom stereocenters. The highest BCUT2D eigenvalue weighted by Gasteiger charge is 2.33. The average molecular weight is 273 g/mol. The molecule has 0 radical (unpaired) electrons. The summed E-state index contributed by atoms with van der Waals surface area (Å²) in [5, 5.41) is 8.89. The maximum Gasteiger partial charge on any atom is 0.574 e. The standard InChI is InChI=1S/C9H8F5NO3/c1-17-8-5(3-16)4(7(10)11)2-6(15-8)18-9(12,13)14/h2,7,16H,3H2,1H3. The van der Waals surface area contributed by atoms with Gasteiger partial charge in [-0.3, -0.25) is 0 Å². The molecule has 0 aliphatic heterocycles. The quantitative estimate of drug-likeness (QED) is 0.856. The monoisotopic (exact) mass is 273 g/mol. The van der Waals surface area contributed by atoms with Gasteiger partial charge < -0.3 is 14.6 Å². The van der Waals surface area contributed by atoms with Crippen molar-refractivity contribution in [3.8, 4) is 11.8 Å². The summed E-state index contributed by atoms with van der Waals surface area (Å²) in [6, 6.07) is 0.409. The number of methoxy groups -OCH3 is 1. The lowest BCUT2D eigenvalue weighted by atomic mass is 10.1. The van der Waals surface area contributed by atoms with Crippen LogP contribution in [-0.2, 0) is 6.61 Å². The second-order valence-corrected chi connectivity index (χ2v) is 3.04. The number of hydrogen-bond donors (Lipinski definition) is 1. The molecule has 4 nitrogen and oxygen atoms in total. The molecule has 1 heterocycles. The van der Waals surface area contributed by atoms with Crippen molar-refractivity contribution in [3.05, 3.63) is 17.2 Å². The summed E-state index contributed by atoms with van der Waals surface area (Å²) < 4.78 is 69.0. The molecular formula is C9H8F5NO3. The zero-order chi connectivity index (χ0) is 13.9. The van der Waals surface area contributed by atoms with Crippen molar-refractivity contribution in [2.75, 3.05) is 7.11 Å². The minimum Gasteiger partial charge on any atom is -0.481 e. The van der Waals surface area contributed by atoms with Crippen molar-refractivity contribution < 1.29 is 36.5 Å². The Morgan fingerprint density at radius 3 is 2.39 bits per heavy atom. The van der Waals surface area contributed by atoms with Gasteiger partial charge in [-0.15, -0.1) is 13.2 Å². The van der Waals surface area contributed by atoms with E-state index >= 15 is 0 Å². The van der Waals surface area contributed by atoms with E-state index in [4.69, 9.17) is 5.11 Å². The molecule has 0 saturated heterocycles. The van der Waals surface area contributed by atoms with Gasteiger partial charge in [0.15, 0.2) is 0 Å². The predicted octanol–water partition coefficient (Wildman–Crippen LogP) is 2.42. The molecular weight excluding hydrogens is 265 g/mol. The summed E-state index contributed by atoms with van der Waals surface area (Å²) in [6.45, 7) is -0.845. The third-order valence-corrected chi connectivity index (χ3v) is 1.90. The number of aromatic nitrogens is 1. The lowest BCUT2D eigenvalue weighted by Crippen LogP contribution is -2.18. The van der Waals surface area contributed by atoms with Gasteiger partial charge in [-0.05, 0) is 0 Å². The number of aliphatic hydroxyl groups excluding tert-OH is 1. The zero-order valence-electron chi connectivity index (χ0n) is 8.96. The molecule has 0 aliphatic rings. The molecule has 1 N–H and O–H groups in total. The zero-order valence-corrected chi connectivity index (χ0v) is 8.96. The van der Waals surface area contributed by atoms with Crippen LogP contribution in [0.1, 0.15) is 17.6 Å². The highest BCUT2D eigenvalue weighted by Crippen LogP contribution is 2.33. The molecule has 0 spiro atoms. The van der Waals surface area contributed by atoms with E-state index in [2.05, 4.69) is 14.5 Å². The van der Waals surface area contributed by atoms with Crippen molar-refractivity contribution in [3.63, 3.8) is 0 Å². The summed E-state index contributed by atoms with van der Waals surface area (Å²) in [6.07, 6.45) is -8.15. The highest BCUT2D eigenvalue weighted by atomic mass is 19.4. The van der Waals surface area contributed by atoms with Gasteiger partial charge in [-0.1, -0.05) is 0 Å². The van der Waals surface area contributed by atoms with Crippen LogP contribution in [0.15, 0.2) is 6.07 Å². The number of aliphatic hydroxyl groups is 1. The van der Waals surface area contributed by atoms with Crippen LogP contribution < -0.4 is 9.47 Å². The minimum absolute atomic E-state index is 0.387. The van der Waals surface area contributed by atoms with Gasteiger partial charge in [0.2, 0.25) is 11.8 Å². The Hall–Kier alpha value is -1.64. The van der Waals surface area contributed by atoms with Crippen LogP contribution in [0.5, 0.6) is 11.8 Å². The second-order valence-electron chi connectivity index (χ2n) is 3.04. The van der Waals surface area contributed by atoms with E-state index in [1.54, 1.807) is 0 Å². The number of pyridine rings is 1. The van der Waals surface area contributed by atoms with E-state index in [-0.39, 0.29) is 5.56 Å². The number of ether oxygens (including phenoxy) is 2. The van der Waals surface area contributed by atoms with E-state index in [0.29, 0.717) is 6.07 Å². The van der Waals surface area contributed by atoms with Gasteiger partial charge in [0.05, 0.1) is 13.7 Å². The van der Waals surface area contributed by atoms with E-state index in [0.717, 1.165) is 7.11 Å². The SMILES string of the molecule is COc1nc(OC(F)(F)F)cc(C(F)F)c1CO. The van der Waals surface area contributed by atoms with E-state index in [1.165, 1.54) is 0 Å². The number of nitrogens with zero attached hydrogens (tertiary/aromatic N) is 1. The lowest BCUT2D eigenvalue weighted by molar-refractivity contribution is -0.276. The molecule has 9 heteroatoms. The van der Waals surface area contributed by atoms with Crippen LogP contribution in [0.3, 0.4) is 0 Å². The predicted molar refractivity (Wildman–Crippen MR) is 48.4 cm³/mol. The molecule has 0 amide bonds. The van der Waals surface area contributed by atoms with Crippen LogP contribution in [0.4, 0.5) is 22.0 Å². The first kappa shape index (κ1) is 14.4. The summed E-state index contributed by atoms with van der Waals surface area (Å²) in [4.78, 5) is 3.23. The second kappa shape index (κ2) is 5.34. The van der Waals surface area contributed by atoms with E-state index in [9.17, 15) is 22.0 Å². The Balaban J connectivity index is 3.27. The first-order valence-corrected chi connectivity index (χ1v) is 4.51. The van der Waals surface area contributed by atoms with Crippen molar-refractivity contribution in [1.82, 2.24) is 4.98 Å². The average Bonchev–Trinajstić information content (AvgIpc) is 2.25. The molecule has 0 aromatic carbocycles. The first-order valence-electron chi connectivity index (χ1n) is 4.51. The molecule has 0 unspecified atom stereocenters. The number of alkyl halides is 5. The number of halogens is 5. The van der Waals surface area contributed by atoms with Crippen LogP contribution in [-0.4, -0.2) is 23.6 Å². The molecule has 1 rings (SSSR count). The molecule has 0 saturated carbocycles. The smallest absolute Gasteiger partial charge is 0.481 e. The molecule has 102 valence electrons. The van der Waals surface area contributed by atoms with Crippen molar-refractivity contribution >= 4 is 0 Å². The normalized spacial score (nSPS) is 11.8.